The number of halogens is 1. The highest BCUT2D eigenvalue weighted by Gasteiger charge is 2.34. The smallest absolute Gasteiger partial charge is 0.191 e. The number of benzene rings is 1. The van der Waals surface area contributed by atoms with Gasteiger partial charge < -0.3 is 20.7 Å². The van der Waals surface area contributed by atoms with E-state index < -0.39 is 0 Å². The summed E-state index contributed by atoms with van der Waals surface area (Å²) < 4.78 is 5.65. The number of hydrogen-bond acceptors (Lipinski definition) is 5. The summed E-state index contributed by atoms with van der Waals surface area (Å²) in [6, 6.07) is 10.9. The molecule has 0 bridgehead atoms. The molecule has 0 radical (unpaired) electrons. The van der Waals surface area contributed by atoms with Gasteiger partial charge in [0.15, 0.2) is 5.96 Å². The van der Waals surface area contributed by atoms with E-state index in [0.29, 0.717) is 0 Å². The van der Waals surface area contributed by atoms with Crippen molar-refractivity contribution >= 4 is 41.3 Å². The minimum absolute atomic E-state index is 0. The second kappa shape index (κ2) is 12.0. The molecule has 1 saturated heterocycles. The molecule has 1 aromatic heterocycles. The van der Waals surface area contributed by atoms with E-state index in [1.54, 1.807) is 11.3 Å². The molecule has 6 nitrogen and oxygen atoms in total. The Morgan fingerprint density at radius 3 is 2.50 bits per heavy atom. The van der Waals surface area contributed by atoms with Crippen LogP contribution in [0.2, 0.25) is 0 Å². The van der Waals surface area contributed by atoms with E-state index in [1.807, 2.05) is 14.0 Å². The van der Waals surface area contributed by atoms with Gasteiger partial charge in [-0.05, 0) is 39.2 Å². The molecule has 0 aliphatic carbocycles. The van der Waals surface area contributed by atoms with Crippen LogP contribution in [0.3, 0.4) is 0 Å². The molecule has 0 spiro atoms. The van der Waals surface area contributed by atoms with Gasteiger partial charge >= 0.3 is 0 Å². The van der Waals surface area contributed by atoms with E-state index in [9.17, 15) is 0 Å². The zero-order valence-electron chi connectivity index (χ0n) is 18.3. The summed E-state index contributed by atoms with van der Waals surface area (Å²) in [5, 5.41) is 12.0. The normalized spacial score (nSPS) is 17.1. The SMILES string of the molecule is CN=C(NCc1sc(C)nc1C)NCC1(NC(C)c2ccccc2)CCOCC1.I. The minimum Gasteiger partial charge on any atom is -0.381 e. The number of ether oxygens (including phenoxy) is 1. The zero-order chi connectivity index (χ0) is 20.7. The van der Waals surface area contributed by atoms with Gasteiger partial charge in [0.2, 0.25) is 0 Å². The first kappa shape index (κ1) is 25.0. The molecule has 3 rings (SSSR count). The van der Waals surface area contributed by atoms with E-state index in [2.05, 4.69) is 70.1 Å². The summed E-state index contributed by atoms with van der Waals surface area (Å²) in [6.45, 7) is 9.43. The number of nitrogens with one attached hydrogen (secondary N) is 3. The van der Waals surface area contributed by atoms with E-state index in [-0.39, 0.29) is 35.6 Å². The average molecular weight is 544 g/mol. The summed E-state index contributed by atoms with van der Waals surface area (Å²) in [5.41, 5.74) is 2.37. The van der Waals surface area contributed by atoms with Crippen molar-refractivity contribution in [3.05, 3.63) is 51.5 Å². The first-order valence-corrected chi connectivity index (χ1v) is 11.1. The molecule has 1 aromatic carbocycles. The Morgan fingerprint density at radius 1 is 1.20 bits per heavy atom. The molecule has 0 saturated carbocycles. The van der Waals surface area contributed by atoms with Crippen LogP contribution in [0.15, 0.2) is 35.3 Å². The largest absolute Gasteiger partial charge is 0.381 e. The summed E-state index contributed by atoms with van der Waals surface area (Å²) in [7, 11) is 1.82. The Morgan fingerprint density at radius 2 is 1.90 bits per heavy atom. The van der Waals surface area contributed by atoms with E-state index in [0.717, 1.165) is 55.8 Å². The fraction of sp³-hybridized carbons (Fsp3) is 0.545. The summed E-state index contributed by atoms with van der Waals surface area (Å²) >= 11 is 1.73. The molecule has 1 aliphatic heterocycles. The number of aliphatic imine (C=N–C) groups is 1. The molecule has 1 atom stereocenters. The molecule has 1 aliphatic rings. The zero-order valence-corrected chi connectivity index (χ0v) is 21.5. The summed E-state index contributed by atoms with van der Waals surface area (Å²) in [5.74, 6) is 0.815. The monoisotopic (exact) mass is 543 g/mol. The van der Waals surface area contributed by atoms with Crippen molar-refractivity contribution in [3.63, 3.8) is 0 Å². The molecular weight excluding hydrogens is 509 g/mol. The molecule has 166 valence electrons. The summed E-state index contributed by atoms with van der Waals surface area (Å²) in [6.07, 6.45) is 1.95. The van der Waals surface area contributed by atoms with Crippen LogP contribution >= 0.6 is 35.3 Å². The lowest BCUT2D eigenvalue weighted by Gasteiger charge is -2.41. The number of aryl methyl sites for hydroxylation is 2. The van der Waals surface area contributed by atoms with Crippen LogP contribution in [0.1, 0.15) is 46.9 Å². The predicted octanol–water partition coefficient (Wildman–Crippen LogP) is 3.94. The maximum atomic E-state index is 5.65. The molecule has 30 heavy (non-hydrogen) atoms. The van der Waals surface area contributed by atoms with Gasteiger partial charge in [0.05, 0.1) is 17.2 Å². The third-order valence-corrected chi connectivity index (χ3v) is 6.58. The quantitative estimate of drug-likeness (QED) is 0.281. The van der Waals surface area contributed by atoms with Crippen LogP contribution in [-0.4, -0.2) is 43.3 Å². The standard InChI is InChI=1S/C22H33N5OS.HI/c1-16(19-8-6-5-7-9-19)27-22(10-12-28-13-11-22)15-25-21(23-4)24-14-20-17(2)26-18(3)29-20;/h5-9,16,27H,10-15H2,1-4H3,(H2,23,24,25);1H. The van der Waals surface area contributed by atoms with E-state index in [1.165, 1.54) is 10.4 Å². The first-order chi connectivity index (χ1) is 14.0. The molecule has 2 aromatic rings. The van der Waals surface area contributed by atoms with Crippen molar-refractivity contribution < 1.29 is 4.74 Å². The van der Waals surface area contributed by atoms with Gasteiger partial charge in [-0.15, -0.1) is 35.3 Å². The van der Waals surface area contributed by atoms with Gasteiger partial charge in [0, 0.05) is 43.3 Å². The van der Waals surface area contributed by atoms with Crippen LogP contribution in [-0.2, 0) is 11.3 Å². The highest BCUT2D eigenvalue weighted by molar-refractivity contribution is 14.0. The molecule has 1 fully saturated rings. The third-order valence-electron chi connectivity index (χ3n) is 5.51. The second-order valence-corrected chi connectivity index (χ2v) is 8.98. The predicted molar refractivity (Wildman–Crippen MR) is 136 cm³/mol. The molecule has 8 heteroatoms. The summed E-state index contributed by atoms with van der Waals surface area (Å²) in [4.78, 5) is 10.2. The Bertz CT molecular complexity index is 805. The van der Waals surface area contributed by atoms with Crippen LogP contribution in [0, 0.1) is 13.8 Å². The average Bonchev–Trinajstić information content (AvgIpc) is 3.06. The Labute approximate surface area is 201 Å². The van der Waals surface area contributed by atoms with Crippen molar-refractivity contribution in [2.24, 2.45) is 4.99 Å². The van der Waals surface area contributed by atoms with Gasteiger partial charge in [-0.3, -0.25) is 4.99 Å². The maximum Gasteiger partial charge on any atom is 0.191 e. The van der Waals surface area contributed by atoms with Gasteiger partial charge in [0.1, 0.15) is 0 Å². The van der Waals surface area contributed by atoms with Gasteiger partial charge in [-0.2, -0.15) is 0 Å². The lowest BCUT2D eigenvalue weighted by molar-refractivity contribution is 0.0355. The van der Waals surface area contributed by atoms with Crippen LogP contribution in [0.25, 0.3) is 0 Å². The number of rotatable bonds is 7. The molecular formula is C22H34IN5OS. The maximum absolute atomic E-state index is 5.65. The number of hydrogen-bond donors (Lipinski definition) is 3. The van der Waals surface area contributed by atoms with Crippen molar-refractivity contribution in [3.8, 4) is 0 Å². The fourth-order valence-electron chi connectivity index (χ4n) is 3.79. The highest BCUT2D eigenvalue weighted by atomic mass is 127. The number of thiazole rings is 1. The first-order valence-electron chi connectivity index (χ1n) is 10.3. The molecule has 3 N–H and O–H groups in total. The number of nitrogens with zero attached hydrogens (tertiary/aromatic N) is 2. The van der Waals surface area contributed by atoms with E-state index in [4.69, 9.17) is 4.74 Å². The van der Waals surface area contributed by atoms with Gasteiger partial charge in [-0.25, -0.2) is 4.98 Å². The number of guanidine groups is 1. The molecule has 2 heterocycles. The van der Waals surface area contributed by atoms with Crippen molar-refractivity contribution in [2.75, 3.05) is 26.8 Å². The topological polar surface area (TPSA) is 70.6 Å². The van der Waals surface area contributed by atoms with Crippen molar-refractivity contribution in [1.82, 2.24) is 20.9 Å². The fourth-order valence-corrected chi connectivity index (χ4v) is 4.67. The Balaban J connectivity index is 0.00000320. The lowest BCUT2D eigenvalue weighted by atomic mass is 9.88. The van der Waals surface area contributed by atoms with Crippen LogP contribution in [0.5, 0.6) is 0 Å². The van der Waals surface area contributed by atoms with Gasteiger partial charge in [0.25, 0.3) is 0 Å². The Kier molecular flexibility index (Phi) is 9.99. The van der Waals surface area contributed by atoms with Gasteiger partial charge in [-0.1, -0.05) is 30.3 Å². The van der Waals surface area contributed by atoms with Crippen LogP contribution in [0.4, 0.5) is 0 Å². The third kappa shape index (κ3) is 6.90. The van der Waals surface area contributed by atoms with Crippen molar-refractivity contribution in [2.45, 2.75) is 51.7 Å². The second-order valence-electron chi connectivity index (χ2n) is 7.69. The molecule has 0 amide bonds. The lowest BCUT2D eigenvalue weighted by Crippen LogP contribution is -2.58. The molecule has 1 unspecified atom stereocenters. The van der Waals surface area contributed by atoms with E-state index >= 15 is 0 Å². The van der Waals surface area contributed by atoms with Crippen LogP contribution < -0.4 is 16.0 Å². The Hall–Kier alpha value is -1.23. The minimum atomic E-state index is -0.0257. The van der Waals surface area contributed by atoms with Crippen molar-refractivity contribution in [1.29, 1.82) is 0 Å². The number of aromatic nitrogens is 1. The highest BCUT2D eigenvalue weighted by Crippen LogP contribution is 2.25.